The summed E-state index contributed by atoms with van der Waals surface area (Å²) in [5, 5.41) is 3.01. The summed E-state index contributed by atoms with van der Waals surface area (Å²) in [6.07, 6.45) is 0.373. The van der Waals surface area contributed by atoms with Crippen molar-refractivity contribution in [2.24, 2.45) is 5.92 Å². The number of carbonyl (C=O) groups excluding carboxylic acids is 1. The van der Waals surface area contributed by atoms with Gasteiger partial charge in [-0.05, 0) is 11.5 Å². The van der Waals surface area contributed by atoms with E-state index in [-0.39, 0.29) is 11.9 Å². The molecule has 3 heteroatoms. The van der Waals surface area contributed by atoms with Gasteiger partial charge in [-0.1, -0.05) is 44.2 Å². The van der Waals surface area contributed by atoms with Gasteiger partial charge in [-0.15, -0.1) is 11.6 Å². The third-order valence-corrected chi connectivity index (χ3v) is 2.65. The van der Waals surface area contributed by atoms with Crippen LogP contribution < -0.4 is 5.32 Å². The summed E-state index contributed by atoms with van der Waals surface area (Å²) in [6.45, 7) is 4.19. The smallest absolute Gasteiger partial charge is 0.221 e. The van der Waals surface area contributed by atoms with Gasteiger partial charge in [0, 0.05) is 12.3 Å². The lowest BCUT2D eigenvalue weighted by Crippen LogP contribution is -2.31. The molecule has 0 bridgehead atoms. The average molecular weight is 240 g/mol. The van der Waals surface area contributed by atoms with E-state index < -0.39 is 0 Å². The van der Waals surface area contributed by atoms with Crippen LogP contribution in [0.3, 0.4) is 0 Å². The molecular formula is C13H18ClNO. The molecule has 0 saturated carbocycles. The van der Waals surface area contributed by atoms with Crippen LogP contribution in [0.1, 0.15) is 31.9 Å². The predicted octanol–water partition coefficient (Wildman–Crippen LogP) is 3.13. The van der Waals surface area contributed by atoms with Crippen molar-refractivity contribution in [2.75, 3.05) is 5.88 Å². The van der Waals surface area contributed by atoms with Crippen molar-refractivity contribution in [1.82, 2.24) is 5.32 Å². The molecular weight excluding hydrogens is 222 g/mol. The first-order valence-electron chi connectivity index (χ1n) is 5.55. The summed E-state index contributed by atoms with van der Waals surface area (Å²) in [6, 6.07) is 10.1. The number of halogens is 1. The third kappa shape index (κ3) is 3.86. The zero-order valence-corrected chi connectivity index (χ0v) is 10.5. The molecule has 1 rings (SSSR count). The number of rotatable bonds is 5. The van der Waals surface area contributed by atoms with Crippen LogP contribution >= 0.6 is 11.6 Å². The quantitative estimate of drug-likeness (QED) is 0.786. The fourth-order valence-electron chi connectivity index (χ4n) is 1.63. The van der Waals surface area contributed by atoms with E-state index >= 15 is 0 Å². The highest BCUT2D eigenvalue weighted by molar-refractivity contribution is 6.18. The van der Waals surface area contributed by atoms with Gasteiger partial charge in [-0.2, -0.15) is 0 Å². The Morgan fingerprint density at radius 3 is 2.44 bits per heavy atom. The van der Waals surface area contributed by atoms with Crippen molar-refractivity contribution in [3.8, 4) is 0 Å². The molecule has 0 aliphatic rings. The summed E-state index contributed by atoms with van der Waals surface area (Å²) >= 11 is 5.54. The number of nitrogens with one attached hydrogen (secondary N) is 1. The molecule has 1 amide bonds. The van der Waals surface area contributed by atoms with E-state index in [0.717, 1.165) is 5.56 Å². The first-order valence-corrected chi connectivity index (χ1v) is 6.09. The van der Waals surface area contributed by atoms with Crippen molar-refractivity contribution in [3.63, 3.8) is 0 Å². The fraction of sp³-hybridized carbons (Fsp3) is 0.462. The van der Waals surface area contributed by atoms with Gasteiger partial charge in [0.1, 0.15) is 0 Å². The summed E-state index contributed by atoms with van der Waals surface area (Å²) in [5.74, 6) is 0.741. The van der Waals surface area contributed by atoms with Crippen molar-refractivity contribution in [3.05, 3.63) is 35.9 Å². The molecule has 0 fully saturated rings. The van der Waals surface area contributed by atoms with E-state index in [1.165, 1.54) is 0 Å². The Bertz CT molecular complexity index is 324. The highest BCUT2D eigenvalue weighted by Gasteiger charge is 2.17. The van der Waals surface area contributed by atoms with E-state index in [0.29, 0.717) is 18.2 Å². The molecule has 0 spiro atoms. The number of hydrogen-bond acceptors (Lipinski definition) is 1. The van der Waals surface area contributed by atoms with Crippen LogP contribution in [0.2, 0.25) is 0 Å². The lowest BCUT2D eigenvalue weighted by Gasteiger charge is -2.22. The number of amides is 1. The zero-order valence-electron chi connectivity index (χ0n) is 9.74. The molecule has 1 atom stereocenters. The first-order chi connectivity index (χ1) is 7.65. The minimum atomic E-state index is 0.0116. The Morgan fingerprint density at radius 1 is 1.31 bits per heavy atom. The Kier molecular flexibility index (Phi) is 5.33. The van der Waals surface area contributed by atoms with Crippen LogP contribution in [0.15, 0.2) is 30.3 Å². The highest BCUT2D eigenvalue weighted by atomic mass is 35.5. The zero-order chi connectivity index (χ0) is 12.0. The Balaban J connectivity index is 2.73. The van der Waals surface area contributed by atoms with E-state index in [2.05, 4.69) is 19.2 Å². The minimum absolute atomic E-state index is 0.0116. The molecule has 1 aromatic carbocycles. The topological polar surface area (TPSA) is 29.1 Å². The van der Waals surface area contributed by atoms with Crippen LogP contribution in [0, 0.1) is 5.92 Å². The molecule has 0 aliphatic carbocycles. The molecule has 88 valence electrons. The monoisotopic (exact) mass is 239 g/mol. The second-order valence-electron chi connectivity index (χ2n) is 4.14. The summed E-state index contributed by atoms with van der Waals surface area (Å²) in [4.78, 5) is 11.5. The maximum Gasteiger partial charge on any atom is 0.221 e. The fourth-order valence-corrected chi connectivity index (χ4v) is 1.80. The molecule has 0 aliphatic heterocycles. The molecule has 1 N–H and O–H groups in total. The van der Waals surface area contributed by atoms with E-state index in [1.807, 2.05) is 30.3 Å². The largest absolute Gasteiger partial charge is 0.349 e. The van der Waals surface area contributed by atoms with Gasteiger partial charge in [0.15, 0.2) is 0 Å². The van der Waals surface area contributed by atoms with E-state index in [4.69, 9.17) is 11.6 Å². The average Bonchev–Trinajstić information content (AvgIpc) is 2.27. The molecule has 2 nitrogen and oxygen atoms in total. The number of benzene rings is 1. The van der Waals surface area contributed by atoms with Crippen molar-refractivity contribution in [2.45, 2.75) is 26.3 Å². The SMILES string of the molecule is CC(C)C(NC(=O)CCCl)c1ccccc1. The minimum Gasteiger partial charge on any atom is -0.349 e. The number of carbonyl (C=O) groups is 1. The maximum atomic E-state index is 11.5. The van der Waals surface area contributed by atoms with Gasteiger partial charge in [0.2, 0.25) is 5.91 Å². The van der Waals surface area contributed by atoms with E-state index in [1.54, 1.807) is 0 Å². The number of hydrogen-bond donors (Lipinski definition) is 1. The molecule has 0 heterocycles. The van der Waals surface area contributed by atoms with Crippen LogP contribution in [0.5, 0.6) is 0 Å². The summed E-state index contributed by atoms with van der Waals surface area (Å²) in [5.41, 5.74) is 1.14. The van der Waals surface area contributed by atoms with Crippen molar-refractivity contribution < 1.29 is 4.79 Å². The molecule has 1 unspecified atom stereocenters. The molecule has 0 radical (unpaired) electrons. The van der Waals surface area contributed by atoms with Crippen LogP contribution in [0.4, 0.5) is 0 Å². The van der Waals surface area contributed by atoms with E-state index in [9.17, 15) is 4.79 Å². The maximum absolute atomic E-state index is 11.5. The predicted molar refractivity (Wildman–Crippen MR) is 67.5 cm³/mol. The van der Waals surface area contributed by atoms with Crippen molar-refractivity contribution >= 4 is 17.5 Å². The molecule has 1 aromatic rings. The number of alkyl halides is 1. The molecule has 0 saturated heterocycles. The molecule has 16 heavy (non-hydrogen) atoms. The Morgan fingerprint density at radius 2 is 1.94 bits per heavy atom. The van der Waals surface area contributed by atoms with Crippen LogP contribution in [-0.4, -0.2) is 11.8 Å². The first kappa shape index (κ1) is 13.0. The highest BCUT2D eigenvalue weighted by Crippen LogP contribution is 2.21. The van der Waals surface area contributed by atoms with Crippen LogP contribution in [-0.2, 0) is 4.79 Å². The van der Waals surface area contributed by atoms with Gasteiger partial charge in [-0.25, -0.2) is 0 Å². The second-order valence-corrected chi connectivity index (χ2v) is 4.52. The second kappa shape index (κ2) is 6.54. The van der Waals surface area contributed by atoms with Gasteiger partial charge in [0.05, 0.1) is 6.04 Å². The van der Waals surface area contributed by atoms with Gasteiger partial charge < -0.3 is 5.32 Å². The summed E-state index contributed by atoms with van der Waals surface area (Å²) in [7, 11) is 0. The Hall–Kier alpha value is -1.02. The van der Waals surface area contributed by atoms with Crippen molar-refractivity contribution in [1.29, 1.82) is 0 Å². The van der Waals surface area contributed by atoms with Crippen LogP contribution in [0.25, 0.3) is 0 Å². The lowest BCUT2D eigenvalue weighted by molar-refractivity contribution is -0.121. The normalized spacial score (nSPS) is 12.5. The van der Waals surface area contributed by atoms with Gasteiger partial charge >= 0.3 is 0 Å². The summed E-state index contributed by atoms with van der Waals surface area (Å²) < 4.78 is 0. The third-order valence-electron chi connectivity index (χ3n) is 2.46. The Labute approximate surface area is 102 Å². The molecule has 0 aromatic heterocycles. The lowest BCUT2D eigenvalue weighted by atomic mass is 9.96. The van der Waals surface area contributed by atoms with Gasteiger partial charge in [-0.3, -0.25) is 4.79 Å². The van der Waals surface area contributed by atoms with Gasteiger partial charge in [0.25, 0.3) is 0 Å². The standard InChI is InChI=1S/C13H18ClNO/c1-10(2)13(15-12(16)8-9-14)11-6-4-3-5-7-11/h3-7,10,13H,8-9H2,1-2H3,(H,15,16).